The van der Waals surface area contributed by atoms with Crippen LogP contribution in [0.1, 0.15) is 31.2 Å². The van der Waals surface area contributed by atoms with Crippen LogP contribution in [0.4, 0.5) is 0 Å². The number of piperidine rings is 1. The minimum absolute atomic E-state index is 0.535. The number of likely N-dealkylation sites (tertiary alicyclic amines) is 1. The van der Waals surface area contributed by atoms with Gasteiger partial charge in [-0.2, -0.15) is 10.2 Å². The first-order chi connectivity index (χ1) is 10.4. The molecule has 1 fully saturated rings. The first-order valence-corrected chi connectivity index (χ1v) is 8.02. The largest absolute Gasteiger partial charge is 0.371 e. The van der Waals surface area contributed by atoms with Crippen LogP contribution in [-0.4, -0.2) is 53.2 Å². The molecule has 0 amide bonds. The Morgan fingerprint density at radius 1 is 1.27 bits per heavy atom. The lowest BCUT2D eigenvalue weighted by Gasteiger charge is -2.37. The van der Waals surface area contributed by atoms with Gasteiger partial charge in [0.15, 0.2) is 0 Å². The smallest absolute Gasteiger partial charge is 0.0679 e. The molecule has 1 aliphatic rings. The zero-order valence-electron chi connectivity index (χ0n) is 14.6. The Bertz CT molecular complexity index is 662. The molecule has 0 aliphatic carbocycles. The highest BCUT2D eigenvalue weighted by Crippen LogP contribution is 2.17. The van der Waals surface area contributed by atoms with Crippen LogP contribution in [0.3, 0.4) is 0 Å². The molecule has 1 unspecified atom stereocenters. The lowest BCUT2D eigenvalue weighted by molar-refractivity contribution is 0.164. The molecule has 0 spiro atoms. The second-order valence-electron chi connectivity index (χ2n) is 6.29. The topological polar surface area (TPSA) is 32.3 Å². The van der Waals surface area contributed by atoms with E-state index in [4.69, 9.17) is 0 Å². The molecule has 0 bridgehead atoms. The maximum Gasteiger partial charge on any atom is 0.0679 e. The van der Waals surface area contributed by atoms with Crippen molar-refractivity contribution >= 4 is 12.2 Å². The highest BCUT2D eigenvalue weighted by molar-refractivity contribution is 5.46. The van der Waals surface area contributed by atoms with Gasteiger partial charge in [0.25, 0.3) is 0 Å². The van der Waals surface area contributed by atoms with Gasteiger partial charge in [-0.1, -0.05) is 12.7 Å². The summed E-state index contributed by atoms with van der Waals surface area (Å²) in [6, 6.07) is 0.535. The fraction of sp³-hybridized carbons (Fsp3) is 0.556. The summed E-state index contributed by atoms with van der Waals surface area (Å²) in [5.74, 6) is 0. The molecule has 1 saturated heterocycles. The van der Waals surface area contributed by atoms with Crippen LogP contribution in [0.5, 0.6) is 0 Å². The van der Waals surface area contributed by atoms with Gasteiger partial charge in [0, 0.05) is 35.8 Å². The second kappa shape index (κ2) is 7.05. The summed E-state index contributed by atoms with van der Waals surface area (Å²) in [6.45, 7) is 12.6. The van der Waals surface area contributed by atoms with Gasteiger partial charge in [-0.05, 0) is 53.3 Å². The SMILES string of the molecule is C=C(/C=c1/c(C)nnc(C)/c1=C/C)N(C)C1CCCN(C)C1. The maximum absolute atomic E-state index is 4.29. The zero-order valence-corrected chi connectivity index (χ0v) is 14.6. The molecule has 2 heterocycles. The Morgan fingerprint density at radius 3 is 2.50 bits per heavy atom. The Kier molecular flexibility index (Phi) is 5.35. The number of aromatic nitrogens is 2. The van der Waals surface area contributed by atoms with Gasteiger partial charge >= 0.3 is 0 Å². The molecule has 1 atom stereocenters. The van der Waals surface area contributed by atoms with Crippen LogP contribution in [-0.2, 0) is 0 Å². The summed E-state index contributed by atoms with van der Waals surface area (Å²) < 4.78 is 0. The summed E-state index contributed by atoms with van der Waals surface area (Å²) in [6.07, 6.45) is 6.74. The normalized spacial score (nSPS) is 21.2. The molecule has 4 nitrogen and oxygen atoms in total. The Balaban J connectivity index is 2.33. The first-order valence-electron chi connectivity index (χ1n) is 8.02. The summed E-state index contributed by atoms with van der Waals surface area (Å²) >= 11 is 0. The number of likely N-dealkylation sites (N-methyl/N-ethyl adjacent to an activating group) is 2. The fourth-order valence-electron chi connectivity index (χ4n) is 3.15. The molecule has 2 rings (SSSR count). The number of allylic oxidation sites excluding steroid dienone is 1. The van der Waals surface area contributed by atoms with Crippen molar-refractivity contribution in [1.29, 1.82) is 0 Å². The third kappa shape index (κ3) is 3.55. The molecule has 22 heavy (non-hydrogen) atoms. The summed E-state index contributed by atoms with van der Waals surface area (Å²) in [5.41, 5.74) is 2.96. The standard InChI is InChI=1S/C18H28N4/c1-7-17-14(3)19-20-15(4)18(17)11-13(2)22(6)16-9-8-10-21(5)12-16/h7,11,16H,2,8-10,12H2,1,3-6H3/b17-7-,18-11-. The number of hydrogen-bond donors (Lipinski definition) is 0. The van der Waals surface area contributed by atoms with Crippen LogP contribution >= 0.6 is 0 Å². The molecule has 1 aliphatic heterocycles. The van der Waals surface area contributed by atoms with Crippen molar-refractivity contribution in [1.82, 2.24) is 20.0 Å². The van der Waals surface area contributed by atoms with Gasteiger partial charge < -0.3 is 9.80 Å². The Hall–Kier alpha value is -1.68. The number of aryl methyl sites for hydroxylation is 2. The van der Waals surface area contributed by atoms with Crippen molar-refractivity contribution in [2.45, 2.75) is 39.7 Å². The van der Waals surface area contributed by atoms with Gasteiger partial charge in [0.2, 0.25) is 0 Å². The van der Waals surface area contributed by atoms with Crippen LogP contribution in [0.25, 0.3) is 12.2 Å². The molecule has 0 saturated carbocycles. The van der Waals surface area contributed by atoms with Gasteiger partial charge in [0.05, 0.1) is 11.4 Å². The highest BCUT2D eigenvalue weighted by atomic mass is 15.2. The van der Waals surface area contributed by atoms with Crippen molar-refractivity contribution in [2.24, 2.45) is 0 Å². The van der Waals surface area contributed by atoms with Crippen LogP contribution < -0.4 is 10.4 Å². The second-order valence-corrected chi connectivity index (χ2v) is 6.29. The van der Waals surface area contributed by atoms with Gasteiger partial charge in [-0.3, -0.25) is 0 Å². The summed E-state index contributed by atoms with van der Waals surface area (Å²) in [7, 11) is 4.34. The zero-order chi connectivity index (χ0) is 16.3. The molecule has 4 heteroatoms. The van der Waals surface area contributed by atoms with E-state index >= 15 is 0 Å². The van der Waals surface area contributed by atoms with E-state index in [9.17, 15) is 0 Å². The van der Waals surface area contributed by atoms with Crippen LogP contribution in [0.2, 0.25) is 0 Å². The Labute approximate surface area is 133 Å². The number of hydrogen-bond acceptors (Lipinski definition) is 4. The quantitative estimate of drug-likeness (QED) is 0.840. The molecular formula is C18H28N4. The average Bonchev–Trinajstić information content (AvgIpc) is 2.50. The van der Waals surface area contributed by atoms with Gasteiger partial charge in [-0.25, -0.2) is 0 Å². The monoisotopic (exact) mass is 300 g/mol. The number of rotatable bonds is 3. The first kappa shape index (κ1) is 16.7. The van der Waals surface area contributed by atoms with Crippen LogP contribution in [0, 0.1) is 13.8 Å². The predicted molar refractivity (Wildman–Crippen MR) is 92.8 cm³/mol. The molecule has 0 aromatic carbocycles. The molecule has 1 aromatic heterocycles. The summed E-state index contributed by atoms with van der Waals surface area (Å²) in [5, 5.41) is 10.8. The van der Waals surface area contributed by atoms with E-state index in [1.807, 2.05) is 20.8 Å². The number of nitrogens with zero attached hydrogens (tertiary/aromatic N) is 4. The average molecular weight is 300 g/mol. The molecular weight excluding hydrogens is 272 g/mol. The highest BCUT2D eigenvalue weighted by Gasteiger charge is 2.21. The van der Waals surface area contributed by atoms with E-state index in [1.54, 1.807) is 0 Å². The molecule has 0 N–H and O–H groups in total. The Morgan fingerprint density at radius 2 is 1.91 bits per heavy atom. The third-order valence-corrected chi connectivity index (χ3v) is 4.62. The van der Waals surface area contributed by atoms with E-state index in [0.29, 0.717) is 6.04 Å². The summed E-state index contributed by atoms with van der Waals surface area (Å²) in [4.78, 5) is 4.71. The fourth-order valence-corrected chi connectivity index (χ4v) is 3.15. The molecule has 1 aromatic rings. The lowest BCUT2D eigenvalue weighted by Crippen LogP contribution is -2.44. The lowest BCUT2D eigenvalue weighted by atomic mass is 10.0. The minimum atomic E-state index is 0.535. The van der Waals surface area contributed by atoms with Crippen molar-refractivity contribution < 1.29 is 0 Å². The van der Waals surface area contributed by atoms with Crippen molar-refractivity contribution in [3.05, 3.63) is 34.1 Å². The van der Waals surface area contributed by atoms with Crippen molar-refractivity contribution in [3.8, 4) is 0 Å². The van der Waals surface area contributed by atoms with E-state index in [-0.39, 0.29) is 0 Å². The van der Waals surface area contributed by atoms with E-state index in [1.165, 1.54) is 19.4 Å². The van der Waals surface area contributed by atoms with Crippen molar-refractivity contribution in [3.63, 3.8) is 0 Å². The van der Waals surface area contributed by atoms with E-state index < -0.39 is 0 Å². The van der Waals surface area contributed by atoms with Crippen molar-refractivity contribution in [2.75, 3.05) is 27.2 Å². The van der Waals surface area contributed by atoms with Gasteiger partial charge in [0.1, 0.15) is 0 Å². The van der Waals surface area contributed by atoms with Gasteiger partial charge in [-0.15, -0.1) is 0 Å². The van der Waals surface area contributed by atoms with E-state index in [2.05, 4.69) is 52.8 Å². The van der Waals surface area contributed by atoms with E-state index in [0.717, 1.165) is 34.1 Å². The minimum Gasteiger partial charge on any atom is -0.371 e. The van der Waals surface area contributed by atoms with Crippen LogP contribution in [0.15, 0.2) is 12.3 Å². The maximum atomic E-state index is 4.29. The predicted octanol–water partition coefficient (Wildman–Crippen LogP) is 1.21. The third-order valence-electron chi connectivity index (χ3n) is 4.62. The molecule has 120 valence electrons. The molecule has 0 radical (unpaired) electrons.